The Morgan fingerprint density at radius 2 is 2.00 bits per heavy atom. The van der Waals surface area contributed by atoms with Crippen LogP contribution in [0.25, 0.3) is 0 Å². The lowest BCUT2D eigenvalue weighted by Crippen LogP contribution is -2.37. The highest BCUT2D eigenvalue weighted by molar-refractivity contribution is 6.28. The van der Waals surface area contributed by atoms with Crippen LogP contribution in [-0.2, 0) is 17.5 Å². The van der Waals surface area contributed by atoms with Gasteiger partial charge < -0.3 is 20.0 Å². The quantitative estimate of drug-likeness (QED) is 0.543. The summed E-state index contributed by atoms with van der Waals surface area (Å²) in [5.41, 5.74) is -2.47. The Bertz CT molecular complexity index is 868. The summed E-state index contributed by atoms with van der Waals surface area (Å²) in [4.78, 5) is 25.1. The number of hydrogen-bond acceptors (Lipinski definition) is 6. The van der Waals surface area contributed by atoms with Crippen LogP contribution >= 0.6 is 11.6 Å². The van der Waals surface area contributed by atoms with Gasteiger partial charge in [0.2, 0.25) is 0 Å². The van der Waals surface area contributed by atoms with Crippen molar-refractivity contribution in [2.75, 3.05) is 11.9 Å². The number of nitro groups is 1. The average molecular weight is 423 g/mol. The Morgan fingerprint density at radius 1 is 1.39 bits per heavy atom. The molecule has 2 rings (SSSR count). The highest BCUT2D eigenvalue weighted by atomic mass is 35.5. The van der Waals surface area contributed by atoms with E-state index in [4.69, 9.17) is 16.3 Å². The summed E-state index contributed by atoms with van der Waals surface area (Å²) in [6, 6.07) is 3.68. The minimum absolute atomic E-state index is 0.0610. The lowest BCUT2D eigenvalue weighted by Gasteiger charge is -2.23. The second-order valence-electron chi connectivity index (χ2n) is 6.03. The molecule has 2 N–H and O–H groups in total. The number of ether oxygens (including phenoxy) is 1. The first-order chi connectivity index (χ1) is 12.9. The number of nitrogens with zero attached hydrogens (tertiary/aromatic N) is 3. The van der Waals surface area contributed by atoms with Crippen LogP contribution in [-0.4, -0.2) is 37.9 Å². The van der Waals surface area contributed by atoms with Gasteiger partial charge in [0.05, 0.1) is 12.1 Å². The van der Waals surface area contributed by atoms with Gasteiger partial charge >= 0.3 is 23.4 Å². The van der Waals surface area contributed by atoms with Gasteiger partial charge in [0.1, 0.15) is 18.4 Å². The number of carbonyl (C=O) groups excluding carboxylic acids is 1. The van der Waals surface area contributed by atoms with Crippen molar-refractivity contribution in [2.24, 2.45) is 0 Å². The molecule has 13 heteroatoms. The maximum absolute atomic E-state index is 12.5. The second-order valence-corrected chi connectivity index (χ2v) is 6.36. The van der Waals surface area contributed by atoms with Crippen molar-refractivity contribution in [3.05, 3.63) is 51.4 Å². The zero-order valence-electron chi connectivity index (χ0n) is 14.2. The first-order valence-electron chi connectivity index (χ1n) is 7.58. The largest absolute Gasteiger partial charge is 0.446 e. The third-order valence-corrected chi connectivity index (χ3v) is 3.69. The number of halogens is 4. The summed E-state index contributed by atoms with van der Waals surface area (Å²) in [6.07, 6.45) is -4.50. The van der Waals surface area contributed by atoms with E-state index in [1.54, 1.807) is 0 Å². The molecule has 0 saturated carbocycles. The lowest BCUT2D eigenvalue weighted by atomic mass is 10.1. The van der Waals surface area contributed by atoms with Gasteiger partial charge in [-0.05, 0) is 52.7 Å². The fourth-order valence-corrected chi connectivity index (χ4v) is 2.30. The van der Waals surface area contributed by atoms with Gasteiger partial charge in [-0.2, -0.15) is 13.2 Å². The number of amides is 1. The summed E-state index contributed by atoms with van der Waals surface area (Å²) < 4.78 is 43.4. The molecule has 9 nitrogen and oxygen atoms in total. The summed E-state index contributed by atoms with van der Waals surface area (Å²) in [6.45, 7) is 0.503. The SMILES string of the molecule is CC(O)(COC(=O)Nc1ccc(C(F)(F)F)cc1)Cn1cc([N+](=O)[O-])nc1Cl. The van der Waals surface area contributed by atoms with E-state index in [1.807, 2.05) is 0 Å². The maximum Gasteiger partial charge on any atom is 0.416 e. The molecule has 0 radical (unpaired) electrons. The summed E-state index contributed by atoms with van der Waals surface area (Å²) in [5.74, 6) is -0.512. The van der Waals surface area contributed by atoms with E-state index in [9.17, 15) is 33.2 Å². The number of aromatic nitrogens is 2. The zero-order valence-corrected chi connectivity index (χ0v) is 15.0. The number of rotatable bonds is 6. The molecule has 152 valence electrons. The van der Waals surface area contributed by atoms with Gasteiger partial charge in [-0.15, -0.1) is 0 Å². The molecule has 0 aliphatic heterocycles. The predicted octanol–water partition coefficient (Wildman–Crippen LogP) is 3.46. The van der Waals surface area contributed by atoms with Crippen LogP contribution in [0.15, 0.2) is 30.5 Å². The van der Waals surface area contributed by atoms with Gasteiger partial charge in [0.15, 0.2) is 0 Å². The molecule has 0 fully saturated rings. The van der Waals surface area contributed by atoms with Crippen molar-refractivity contribution in [3.8, 4) is 0 Å². The number of hydrogen-bond donors (Lipinski definition) is 2. The second kappa shape index (κ2) is 8.02. The van der Waals surface area contributed by atoms with Gasteiger partial charge in [-0.1, -0.05) is 0 Å². The monoisotopic (exact) mass is 422 g/mol. The highest BCUT2D eigenvalue weighted by Gasteiger charge is 2.30. The minimum Gasteiger partial charge on any atom is -0.446 e. The third-order valence-electron chi connectivity index (χ3n) is 3.39. The normalized spacial score (nSPS) is 13.6. The smallest absolute Gasteiger partial charge is 0.416 e. The van der Waals surface area contributed by atoms with Crippen LogP contribution < -0.4 is 5.32 Å². The van der Waals surface area contributed by atoms with Gasteiger partial charge in [-0.3, -0.25) is 9.88 Å². The molecule has 0 saturated heterocycles. The number of carbonyl (C=O) groups is 1. The Hall–Kier alpha value is -2.86. The van der Waals surface area contributed by atoms with Crippen LogP contribution in [0.4, 0.5) is 29.5 Å². The van der Waals surface area contributed by atoms with Gasteiger partial charge in [0.25, 0.3) is 0 Å². The van der Waals surface area contributed by atoms with E-state index >= 15 is 0 Å². The standard InChI is InChI=1S/C15H14ClF3N4O5/c1-14(25,7-22-6-11(23(26)27)21-12(22)16)8-28-13(24)20-10-4-2-9(3-5-10)15(17,18)19/h2-6,25H,7-8H2,1H3,(H,20,24). The number of aliphatic hydroxyl groups is 1. The minimum atomic E-state index is -4.50. The molecular formula is C15H14ClF3N4O5. The van der Waals surface area contributed by atoms with Gasteiger partial charge in [-0.25, -0.2) is 4.79 Å². The third kappa shape index (κ3) is 5.82. The predicted molar refractivity (Wildman–Crippen MR) is 90.9 cm³/mol. The molecule has 1 aromatic heterocycles. The first kappa shape index (κ1) is 21.4. The van der Waals surface area contributed by atoms with Crippen LogP contribution in [0.5, 0.6) is 0 Å². The fourth-order valence-electron chi connectivity index (χ4n) is 2.11. The molecule has 0 spiro atoms. The molecule has 0 aliphatic carbocycles. The van der Waals surface area contributed by atoms with Crippen molar-refractivity contribution < 1.29 is 32.7 Å². The van der Waals surface area contributed by atoms with Crippen LogP contribution in [0.3, 0.4) is 0 Å². The number of benzene rings is 1. The molecule has 1 unspecified atom stereocenters. The molecule has 0 aliphatic rings. The molecule has 1 amide bonds. The number of anilines is 1. The number of alkyl halides is 3. The van der Waals surface area contributed by atoms with E-state index < -0.39 is 40.8 Å². The Labute approximate surface area is 160 Å². The van der Waals surface area contributed by atoms with Crippen LogP contribution in [0.2, 0.25) is 5.28 Å². The molecule has 2 aromatic rings. The van der Waals surface area contributed by atoms with E-state index in [0.29, 0.717) is 0 Å². The molecule has 1 aromatic carbocycles. The maximum atomic E-state index is 12.5. The van der Waals surface area contributed by atoms with Crippen molar-refractivity contribution >= 4 is 29.2 Å². The van der Waals surface area contributed by atoms with Crippen molar-refractivity contribution in [1.29, 1.82) is 0 Å². The zero-order chi connectivity index (χ0) is 21.1. The van der Waals surface area contributed by atoms with Crippen molar-refractivity contribution in [3.63, 3.8) is 0 Å². The fraction of sp³-hybridized carbons (Fsp3) is 0.333. The topological polar surface area (TPSA) is 120 Å². The Morgan fingerprint density at radius 3 is 2.50 bits per heavy atom. The van der Waals surface area contributed by atoms with Crippen molar-refractivity contribution in [2.45, 2.75) is 25.2 Å². The summed E-state index contributed by atoms with van der Waals surface area (Å²) in [5, 5.41) is 22.9. The molecular weight excluding hydrogens is 409 g/mol. The summed E-state index contributed by atoms with van der Waals surface area (Å²) >= 11 is 5.75. The number of nitrogens with one attached hydrogen (secondary N) is 1. The molecule has 0 bridgehead atoms. The number of imidazole rings is 1. The summed E-state index contributed by atoms with van der Waals surface area (Å²) in [7, 11) is 0. The van der Waals surface area contributed by atoms with E-state index in [-0.39, 0.29) is 17.5 Å². The molecule has 28 heavy (non-hydrogen) atoms. The van der Waals surface area contributed by atoms with E-state index in [2.05, 4.69) is 10.3 Å². The van der Waals surface area contributed by atoms with Crippen molar-refractivity contribution in [1.82, 2.24) is 9.55 Å². The Balaban J connectivity index is 1.91. The highest BCUT2D eigenvalue weighted by Crippen LogP contribution is 2.29. The lowest BCUT2D eigenvalue weighted by molar-refractivity contribution is -0.389. The van der Waals surface area contributed by atoms with Crippen LogP contribution in [0.1, 0.15) is 12.5 Å². The molecule has 1 atom stereocenters. The van der Waals surface area contributed by atoms with Gasteiger partial charge in [0, 0.05) is 5.69 Å². The Kier molecular flexibility index (Phi) is 6.14. The van der Waals surface area contributed by atoms with E-state index in [0.717, 1.165) is 35.0 Å². The average Bonchev–Trinajstić information content (AvgIpc) is 2.93. The van der Waals surface area contributed by atoms with Crippen LogP contribution in [0, 0.1) is 10.1 Å². The first-order valence-corrected chi connectivity index (χ1v) is 7.96. The van der Waals surface area contributed by atoms with E-state index in [1.165, 1.54) is 6.92 Å². The molecule has 1 heterocycles.